The van der Waals surface area contributed by atoms with Crippen molar-refractivity contribution in [1.29, 1.82) is 0 Å². The van der Waals surface area contributed by atoms with E-state index in [9.17, 15) is 4.79 Å². The van der Waals surface area contributed by atoms with Crippen LogP contribution in [-0.2, 0) is 0 Å². The molecule has 0 unspecified atom stereocenters. The van der Waals surface area contributed by atoms with Gasteiger partial charge in [0.05, 0.1) is 10.7 Å². The number of hydrogen-bond acceptors (Lipinski definition) is 5. The molecular weight excluding hydrogens is 492 g/mol. The number of halogens is 1. The number of benzene rings is 2. The smallest absolute Gasteiger partial charge is 0.166 e. The Kier molecular flexibility index (Phi) is 12.4. The molecule has 3 aliphatic rings. The standard InChI is InChI=1S/C16H21ClN2O.C14H22N2.C2H6/c17-14-9-13(16(20)12-5-7-18-8-6-12)3-4-15(14)19-10-11-1-2-11;1-11-4-5-14(10-12(11)2)16(3)13-6-8-15-9-7-13;1-2/h3-4,9,11-12,18-19H,1-2,5-8,10H2;4-5,10,13,15H,6-9H2,1-3H3;1-2H3. The van der Waals surface area contributed by atoms with E-state index in [1.807, 2.05) is 32.0 Å². The van der Waals surface area contributed by atoms with Gasteiger partial charge in [-0.3, -0.25) is 4.79 Å². The molecule has 0 radical (unpaired) electrons. The first-order valence-corrected chi connectivity index (χ1v) is 15.1. The number of hydrogen-bond donors (Lipinski definition) is 3. The second-order valence-electron chi connectivity index (χ2n) is 10.8. The second kappa shape index (κ2) is 15.5. The minimum Gasteiger partial charge on any atom is -0.384 e. The highest BCUT2D eigenvalue weighted by molar-refractivity contribution is 6.33. The van der Waals surface area contributed by atoms with E-state index in [0.29, 0.717) is 11.1 Å². The zero-order valence-corrected chi connectivity index (χ0v) is 25.0. The summed E-state index contributed by atoms with van der Waals surface area (Å²) in [6, 6.07) is 13.1. The first-order valence-electron chi connectivity index (χ1n) is 14.7. The Labute approximate surface area is 236 Å². The SMILES string of the molecule is CC.Cc1ccc(N(C)C2CCNCC2)cc1C.O=C(c1ccc(NCC2CC2)c(Cl)c1)C1CCNCC1. The van der Waals surface area contributed by atoms with Gasteiger partial charge >= 0.3 is 0 Å². The molecule has 0 amide bonds. The lowest BCUT2D eigenvalue weighted by molar-refractivity contribution is 0.0895. The molecule has 2 aromatic carbocycles. The molecule has 3 N–H and O–H groups in total. The molecular formula is C32H49ClN4O. The van der Waals surface area contributed by atoms with E-state index < -0.39 is 0 Å². The van der Waals surface area contributed by atoms with E-state index in [1.165, 1.54) is 42.5 Å². The summed E-state index contributed by atoms with van der Waals surface area (Å²) in [4.78, 5) is 14.9. The Balaban J connectivity index is 0.000000202. The lowest BCUT2D eigenvalue weighted by Crippen LogP contribution is -2.41. The molecule has 38 heavy (non-hydrogen) atoms. The van der Waals surface area contributed by atoms with Crippen molar-refractivity contribution in [3.05, 3.63) is 58.1 Å². The van der Waals surface area contributed by atoms with Crippen LogP contribution >= 0.6 is 11.6 Å². The molecule has 0 atom stereocenters. The number of anilines is 2. The van der Waals surface area contributed by atoms with E-state index in [1.54, 1.807) is 0 Å². The monoisotopic (exact) mass is 540 g/mol. The highest BCUT2D eigenvalue weighted by atomic mass is 35.5. The Morgan fingerprint density at radius 2 is 1.53 bits per heavy atom. The van der Waals surface area contributed by atoms with Crippen molar-refractivity contribution < 1.29 is 4.79 Å². The average molecular weight is 541 g/mol. The largest absolute Gasteiger partial charge is 0.384 e. The maximum atomic E-state index is 12.4. The summed E-state index contributed by atoms with van der Waals surface area (Å²) in [7, 11) is 2.22. The second-order valence-corrected chi connectivity index (χ2v) is 11.2. The van der Waals surface area contributed by atoms with Crippen LogP contribution in [0.3, 0.4) is 0 Å². The van der Waals surface area contributed by atoms with E-state index >= 15 is 0 Å². The topological polar surface area (TPSA) is 56.4 Å². The highest BCUT2D eigenvalue weighted by Crippen LogP contribution is 2.31. The molecule has 0 spiro atoms. The summed E-state index contributed by atoms with van der Waals surface area (Å²) in [5.74, 6) is 1.20. The number of aryl methyl sites for hydroxylation is 2. The Morgan fingerprint density at radius 3 is 2.11 bits per heavy atom. The van der Waals surface area contributed by atoms with Gasteiger partial charge in [0.25, 0.3) is 0 Å². The van der Waals surface area contributed by atoms with Gasteiger partial charge in [-0.1, -0.05) is 31.5 Å². The number of carbonyl (C=O) groups excluding carboxylic acids is 1. The number of nitrogens with zero attached hydrogens (tertiary/aromatic N) is 1. The van der Waals surface area contributed by atoms with Gasteiger partial charge in [-0.15, -0.1) is 0 Å². The lowest BCUT2D eigenvalue weighted by atomic mass is 9.89. The highest BCUT2D eigenvalue weighted by Gasteiger charge is 2.24. The van der Waals surface area contributed by atoms with Gasteiger partial charge < -0.3 is 20.9 Å². The molecule has 0 bridgehead atoms. The van der Waals surface area contributed by atoms with Crippen molar-refractivity contribution in [3.8, 4) is 0 Å². The normalized spacial score (nSPS) is 17.9. The number of piperidine rings is 2. The third-order valence-electron chi connectivity index (χ3n) is 8.00. The zero-order chi connectivity index (χ0) is 27.5. The van der Waals surface area contributed by atoms with Crippen molar-refractivity contribution in [2.24, 2.45) is 11.8 Å². The molecule has 5 nitrogen and oxygen atoms in total. The van der Waals surface area contributed by atoms with Gasteiger partial charge in [-0.25, -0.2) is 0 Å². The minimum absolute atomic E-state index is 0.151. The van der Waals surface area contributed by atoms with Gasteiger partial charge in [0.15, 0.2) is 5.78 Å². The third-order valence-corrected chi connectivity index (χ3v) is 8.31. The maximum absolute atomic E-state index is 12.4. The predicted molar refractivity (Wildman–Crippen MR) is 164 cm³/mol. The lowest BCUT2D eigenvalue weighted by Gasteiger charge is -2.33. The van der Waals surface area contributed by atoms with Crippen LogP contribution in [0.25, 0.3) is 0 Å². The van der Waals surface area contributed by atoms with Crippen molar-refractivity contribution in [1.82, 2.24) is 10.6 Å². The van der Waals surface area contributed by atoms with E-state index in [-0.39, 0.29) is 11.7 Å². The fraction of sp³-hybridized carbons (Fsp3) is 0.594. The summed E-state index contributed by atoms with van der Waals surface area (Å²) in [5.41, 5.74) is 5.81. The van der Waals surface area contributed by atoms with Crippen molar-refractivity contribution >= 4 is 28.8 Å². The molecule has 3 fully saturated rings. The summed E-state index contributed by atoms with van der Waals surface area (Å²) in [5, 5.41) is 10.7. The molecule has 2 heterocycles. The molecule has 1 saturated carbocycles. The number of nitrogens with one attached hydrogen (secondary N) is 3. The molecule has 2 aliphatic heterocycles. The summed E-state index contributed by atoms with van der Waals surface area (Å²) in [6.45, 7) is 13.5. The van der Waals surface area contributed by atoms with Crippen LogP contribution in [0.1, 0.15) is 73.9 Å². The van der Waals surface area contributed by atoms with Crippen molar-refractivity contribution in [3.63, 3.8) is 0 Å². The van der Waals surface area contributed by atoms with Crippen molar-refractivity contribution in [2.75, 3.05) is 50.0 Å². The van der Waals surface area contributed by atoms with Gasteiger partial charge in [0, 0.05) is 36.8 Å². The first-order chi connectivity index (χ1) is 18.4. The quantitative estimate of drug-likeness (QED) is 0.335. The third kappa shape index (κ3) is 9.00. The Morgan fingerprint density at radius 1 is 0.895 bits per heavy atom. The molecule has 2 saturated heterocycles. The number of carbonyl (C=O) groups is 1. The fourth-order valence-corrected chi connectivity index (χ4v) is 5.30. The molecule has 0 aromatic heterocycles. The van der Waals surface area contributed by atoms with Crippen LogP contribution in [0.4, 0.5) is 11.4 Å². The van der Waals surface area contributed by atoms with Crippen LogP contribution in [0, 0.1) is 25.7 Å². The van der Waals surface area contributed by atoms with Gasteiger partial charge in [0.2, 0.25) is 0 Å². The predicted octanol–water partition coefficient (Wildman–Crippen LogP) is 6.86. The molecule has 210 valence electrons. The van der Waals surface area contributed by atoms with Crippen LogP contribution in [0.5, 0.6) is 0 Å². The first kappa shape index (κ1) is 30.5. The van der Waals surface area contributed by atoms with E-state index in [4.69, 9.17) is 11.6 Å². The fourth-order valence-electron chi connectivity index (χ4n) is 5.06. The van der Waals surface area contributed by atoms with Crippen LogP contribution < -0.4 is 20.9 Å². The number of rotatable bonds is 7. The zero-order valence-electron chi connectivity index (χ0n) is 24.2. The minimum atomic E-state index is 0.151. The van der Waals surface area contributed by atoms with Gasteiger partial charge in [0.1, 0.15) is 0 Å². The summed E-state index contributed by atoms with van der Waals surface area (Å²) >= 11 is 6.29. The number of Topliss-reactive ketones (excluding diaryl/α,β-unsaturated/α-hetero) is 1. The Hall–Kier alpha value is -2.08. The van der Waals surface area contributed by atoms with Gasteiger partial charge in [-0.2, -0.15) is 0 Å². The molecule has 6 heteroatoms. The average Bonchev–Trinajstić information content (AvgIpc) is 3.80. The number of ketones is 1. The molecule has 2 aromatic rings. The molecule has 1 aliphatic carbocycles. The van der Waals surface area contributed by atoms with Crippen LogP contribution in [-0.4, -0.2) is 51.6 Å². The van der Waals surface area contributed by atoms with Crippen molar-refractivity contribution in [2.45, 2.75) is 72.3 Å². The van der Waals surface area contributed by atoms with Crippen LogP contribution in [0.15, 0.2) is 36.4 Å². The Bertz CT molecular complexity index is 1010. The summed E-state index contributed by atoms with van der Waals surface area (Å²) < 4.78 is 0. The van der Waals surface area contributed by atoms with Gasteiger partial charge in [-0.05, 0) is 126 Å². The molecule has 5 rings (SSSR count). The van der Waals surface area contributed by atoms with E-state index in [2.05, 4.69) is 59.9 Å². The summed E-state index contributed by atoms with van der Waals surface area (Å²) in [6.07, 6.45) is 7.00. The van der Waals surface area contributed by atoms with Crippen LogP contribution in [0.2, 0.25) is 5.02 Å². The van der Waals surface area contributed by atoms with E-state index in [0.717, 1.165) is 62.7 Å². The maximum Gasteiger partial charge on any atom is 0.166 e.